The summed E-state index contributed by atoms with van der Waals surface area (Å²) < 4.78 is 44.5. The molecule has 1 aromatic heterocycles. The summed E-state index contributed by atoms with van der Waals surface area (Å²) in [5.41, 5.74) is -2.51. The molecule has 4 rings (SSSR count). The maximum absolute atomic E-state index is 14.0. The summed E-state index contributed by atoms with van der Waals surface area (Å²) >= 11 is 0. The lowest BCUT2D eigenvalue weighted by Crippen LogP contribution is -2.52. The number of hydrogen-bond acceptors (Lipinski definition) is 7. The van der Waals surface area contributed by atoms with Crippen LogP contribution in [0.5, 0.6) is 5.75 Å². The van der Waals surface area contributed by atoms with Gasteiger partial charge in [0.25, 0.3) is 5.91 Å². The Balaban J connectivity index is 1.73. The van der Waals surface area contributed by atoms with E-state index in [0.717, 1.165) is 6.07 Å². The highest BCUT2D eigenvalue weighted by molar-refractivity contribution is 6.04. The number of amides is 1. The fourth-order valence-corrected chi connectivity index (χ4v) is 4.48. The lowest BCUT2D eigenvalue weighted by molar-refractivity contribution is -0.0740. The van der Waals surface area contributed by atoms with Crippen molar-refractivity contribution in [1.29, 1.82) is 0 Å². The van der Waals surface area contributed by atoms with Crippen molar-refractivity contribution in [1.82, 2.24) is 9.88 Å². The fraction of sp³-hybridized carbons (Fsp3) is 0.440. The van der Waals surface area contributed by atoms with Crippen LogP contribution in [0.25, 0.3) is 0 Å². The maximum Gasteiger partial charge on any atom is 0.514 e. The number of carbonyl (C=O) groups excluding carboxylic acids is 3. The average Bonchev–Trinajstić information content (AvgIpc) is 2.80. The predicted molar refractivity (Wildman–Crippen MR) is 122 cm³/mol. The first-order valence-electron chi connectivity index (χ1n) is 11.6. The SMILES string of the molecule is CC(C)OC(=O)Oc1c2n(cc(C(=O)NCc3ccc(F)cc3F)c1=O)C[C@@H]1OCCC[C@]1(C)C2=O. The molecule has 2 aliphatic rings. The van der Waals surface area contributed by atoms with Crippen molar-refractivity contribution < 1.29 is 37.4 Å². The number of nitrogens with zero attached hydrogens (tertiary/aromatic N) is 1. The first kappa shape index (κ1) is 25.5. The molecular weight excluding hydrogens is 478 g/mol. The Kier molecular flexibility index (Phi) is 6.94. The molecule has 2 aliphatic heterocycles. The van der Waals surface area contributed by atoms with Gasteiger partial charge < -0.3 is 24.1 Å². The summed E-state index contributed by atoms with van der Waals surface area (Å²) in [5, 5.41) is 2.41. The van der Waals surface area contributed by atoms with Crippen LogP contribution in [0.15, 0.2) is 29.2 Å². The molecule has 0 saturated carbocycles. The molecule has 36 heavy (non-hydrogen) atoms. The Bertz CT molecular complexity index is 1290. The Morgan fingerprint density at radius 2 is 2.03 bits per heavy atom. The highest BCUT2D eigenvalue weighted by atomic mass is 19.1. The normalized spacial score (nSPS) is 20.9. The Hall–Kier alpha value is -3.60. The number of ketones is 1. The number of benzene rings is 1. The smallest absolute Gasteiger partial charge is 0.431 e. The van der Waals surface area contributed by atoms with E-state index in [-0.39, 0.29) is 24.3 Å². The second-order valence-corrected chi connectivity index (χ2v) is 9.35. The van der Waals surface area contributed by atoms with Crippen LogP contribution >= 0.6 is 0 Å². The van der Waals surface area contributed by atoms with Crippen LogP contribution in [-0.2, 0) is 22.6 Å². The van der Waals surface area contributed by atoms with Gasteiger partial charge in [0, 0.05) is 31.0 Å². The minimum atomic E-state index is -1.20. The number of rotatable bonds is 5. The fourth-order valence-electron chi connectivity index (χ4n) is 4.48. The summed E-state index contributed by atoms with van der Waals surface area (Å²) in [6.07, 6.45) is 0.104. The lowest BCUT2D eigenvalue weighted by atomic mass is 9.71. The van der Waals surface area contributed by atoms with Crippen LogP contribution in [-0.4, -0.2) is 41.2 Å². The third-order valence-electron chi connectivity index (χ3n) is 6.42. The van der Waals surface area contributed by atoms with E-state index in [9.17, 15) is 28.0 Å². The molecule has 0 bridgehead atoms. The number of aromatic nitrogens is 1. The molecule has 1 amide bonds. The van der Waals surface area contributed by atoms with Gasteiger partial charge in [-0.05, 0) is 39.7 Å². The zero-order valence-electron chi connectivity index (χ0n) is 20.1. The van der Waals surface area contributed by atoms with Gasteiger partial charge in [-0.2, -0.15) is 0 Å². The molecule has 1 fully saturated rings. The molecule has 192 valence electrons. The highest BCUT2D eigenvalue weighted by Crippen LogP contribution is 2.42. The lowest BCUT2D eigenvalue weighted by Gasteiger charge is -2.44. The quantitative estimate of drug-likeness (QED) is 0.622. The van der Waals surface area contributed by atoms with E-state index in [1.165, 1.54) is 16.8 Å². The average molecular weight is 504 g/mol. The molecule has 0 radical (unpaired) electrons. The number of Topliss-reactive ketones (excluding diaryl/α,β-unsaturated/α-hetero) is 1. The number of halogens is 2. The minimum Gasteiger partial charge on any atom is -0.431 e. The molecule has 9 nitrogen and oxygen atoms in total. The van der Waals surface area contributed by atoms with Gasteiger partial charge in [-0.25, -0.2) is 13.6 Å². The van der Waals surface area contributed by atoms with E-state index in [0.29, 0.717) is 25.5 Å². The number of pyridine rings is 1. The molecule has 0 aliphatic carbocycles. The minimum absolute atomic E-state index is 0.00125. The van der Waals surface area contributed by atoms with Crippen molar-refractivity contribution in [3.05, 3.63) is 63.1 Å². The van der Waals surface area contributed by atoms with Gasteiger partial charge in [0.05, 0.1) is 24.2 Å². The van der Waals surface area contributed by atoms with E-state index in [2.05, 4.69) is 5.32 Å². The molecule has 11 heteroatoms. The van der Waals surface area contributed by atoms with Gasteiger partial charge in [-0.3, -0.25) is 14.4 Å². The van der Waals surface area contributed by atoms with Crippen molar-refractivity contribution >= 4 is 17.8 Å². The van der Waals surface area contributed by atoms with Crippen molar-refractivity contribution in [3.8, 4) is 5.75 Å². The van der Waals surface area contributed by atoms with E-state index >= 15 is 0 Å². The summed E-state index contributed by atoms with van der Waals surface area (Å²) in [5.74, 6) is -3.59. The van der Waals surface area contributed by atoms with E-state index in [1.807, 2.05) is 0 Å². The van der Waals surface area contributed by atoms with Crippen molar-refractivity contribution in [3.63, 3.8) is 0 Å². The second kappa shape index (κ2) is 9.81. The summed E-state index contributed by atoms with van der Waals surface area (Å²) in [7, 11) is 0. The maximum atomic E-state index is 14.0. The Labute approximate surface area is 205 Å². The summed E-state index contributed by atoms with van der Waals surface area (Å²) in [4.78, 5) is 52.1. The summed E-state index contributed by atoms with van der Waals surface area (Å²) in [6.45, 7) is 5.17. The zero-order chi connectivity index (χ0) is 26.2. The number of carbonyl (C=O) groups is 3. The third-order valence-corrected chi connectivity index (χ3v) is 6.42. The van der Waals surface area contributed by atoms with E-state index in [1.54, 1.807) is 20.8 Å². The molecule has 1 saturated heterocycles. The monoisotopic (exact) mass is 504 g/mol. The Morgan fingerprint density at radius 3 is 2.72 bits per heavy atom. The molecule has 2 aromatic rings. The molecule has 1 aromatic carbocycles. The largest absolute Gasteiger partial charge is 0.514 e. The third kappa shape index (κ3) is 4.75. The molecule has 0 spiro atoms. The van der Waals surface area contributed by atoms with Crippen molar-refractivity contribution in [2.75, 3.05) is 6.61 Å². The molecule has 1 N–H and O–H groups in total. The number of fused-ring (bicyclic) bond motifs is 2. The summed E-state index contributed by atoms with van der Waals surface area (Å²) in [6, 6.07) is 2.88. The predicted octanol–water partition coefficient (Wildman–Crippen LogP) is 3.36. The first-order valence-corrected chi connectivity index (χ1v) is 11.6. The standard InChI is InChI=1S/C25H26F2N2O7/c1-13(2)35-24(33)36-21-19-22(31)25(3)7-4-8-34-18(25)12-29(19)11-16(20(21)30)23(32)28-10-14-5-6-15(26)9-17(14)27/h5-6,9,11,13,18H,4,7-8,10,12H2,1-3H3,(H,28,32)/t18-,25-/m0/s1. The topological polar surface area (TPSA) is 113 Å². The zero-order valence-corrected chi connectivity index (χ0v) is 20.1. The Morgan fingerprint density at radius 1 is 1.28 bits per heavy atom. The van der Waals surface area contributed by atoms with Gasteiger partial charge in [0.1, 0.15) is 22.9 Å². The van der Waals surface area contributed by atoms with Crippen LogP contribution in [0.4, 0.5) is 13.6 Å². The molecule has 2 atom stereocenters. The molecule has 3 heterocycles. The van der Waals surface area contributed by atoms with E-state index in [4.69, 9.17) is 14.2 Å². The number of ether oxygens (including phenoxy) is 3. The van der Waals surface area contributed by atoms with Crippen LogP contribution in [0.1, 0.15) is 60.0 Å². The molecule has 0 unspecified atom stereocenters. The molecular formula is C25H26F2N2O7. The number of hydrogen-bond donors (Lipinski definition) is 1. The number of nitrogens with one attached hydrogen (secondary N) is 1. The van der Waals surface area contributed by atoms with Gasteiger partial charge in [0.15, 0.2) is 5.78 Å². The van der Waals surface area contributed by atoms with Crippen LogP contribution < -0.4 is 15.5 Å². The van der Waals surface area contributed by atoms with Gasteiger partial charge in [-0.1, -0.05) is 6.07 Å². The van der Waals surface area contributed by atoms with E-state index < -0.39 is 63.8 Å². The first-order chi connectivity index (χ1) is 17.0. The van der Waals surface area contributed by atoms with Gasteiger partial charge >= 0.3 is 6.16 Å². The van der Waals surface area contributed by atoms with Crippen LogP contribution in [0.3, 0.4) is 0 Å². The van der Waals surface area contributed by atoms with Gasteiger partial charge in [-0.15, -0.1) is 0 Å². The highest BCUT2D eigenvalue weighted by Gasteiger charge is 2.50. The van der Waals surface area contributed by atoms with Crippen LogP contribution in [0, 0.1) is 17.0 Å². The second-order valence-electron chi connectivity index (χ2n) is 9.35. The van der Waals surface area contributed by atoms with Crippen molar-refractivity contribution in [2.45, 2.75) is 58.9 Å². The van der Waals surface area contributed by atoms with Gasteiger partial charge in [0.2, 0.25) is 11.2 Å². The van der Waals surface area contributed by atoms with Crippen molar-refractivity contribution in [2.24, 2.45) is 5.41 Å². The van der Waals surface area contributed by atoms with Crippen LogP contribution in [0.2, 0.25) is 0 Å².